The van der Waals surface area contributed by atoms with E-state index in [1.807, 2.05) is 61.5 Å². The number of nitrogens with one attached hydrogen (secondary N) is 1. The maximum absolute atomic E-state index is 12.9. The number of anilines is 2. The van der Waals surface area contributed by atoms with Crippen molar-refractivity contribution in [1.29, 1.82) is 0 Å². The van der Waals surface area contributed by atoms with E-state index in [1.54, 1.807) is 6.07 Å². The number of hydrogen-bond donors (Lipinski definition) is 1. The third-order valence-electron chi connectivity index (χ3n) is 4.57. The minimum Gasteiger partial charge on any atom is -0.455 e. The molecule has 1 aromatic heterocycles. The molecule has 1 saturated heterocycles. The molecule has 3 aromatic rings. The number of carbonyl (C=O) groups excluding carboxylic acids is 1. The number of ether oxygens (including phenoxy) is 1. The zero-order valence-corrected chi connectivity index (χ0v) is 15.8. The van der Waals surface area contributed by atoms with E-state index in [0.29, 0.717) is 28.8 Å². The molecule has 1 aliphatic rings. The second-order valence-electron chi connectivity index (χ2n) is 6.75. The summed E-state index contributed by atoms with van der Waals surface area (Å²) in [5, 5.41) is 2.92. The fourth-order valence-electron chi connectivity index (χ4n) is 3.19. The van der Waals surface area contributed by atoms with Gasteiger partial charge in [0.15, 0.2) is 5.75 Å². The fraction of sp³-hybridized carbons (Fsp3) is 0.227. The van der Waals surface area contributed by atoms with Gasteiger partial charge in [-0.25, -0.2) is 9.97 Å². The molecule has 28 heavy (non-hydrogen) atoms. The number of aromatic nitrogens is 2. The number of aryl methyl sites for hydroxylation is 1. The largest absolute Gasteiger partial charge is 0.455 e. The molecule has 6 heteroatoms. The van der Waals surface area contributed by atoms with Gasteiger partial charge in [0, 0.05) is 18.8 Å². The fourth-order valence-corrected chi connectivity index (χ4v) is 3.19. The number of benzene rings is 2. The third kappa shape index (κ3) is 4.11. The van der Waals surface area contributed by atoms with Crippen molar-refractivity contribution in [2.75, 3.05) is 23.3 Å². The molecule has 0 spiro atoms. The van der Waals surface area contributed by atoms with Gasteiger partial charge in [0.05, 0.1) is 5.69 Å². The SMILES string of the molecule is Cc1cc(C(=O)Nc2ccccc2Oc2ccccc2)nc(N2CCCC2)n1. The van der Waals surface area contributed by atoms with Gasteiger partial charge in [-0.15, -0.1) is 0 Å². The van der Waals surface area contributed by atoms with E-state index in [-0.39, 0.29) is 5.91 Å². The molecule has 1 N–H and O–H groups in total. The lowest BCUT2D eigenvalue weighted by Gasteiger charge is -2.16. The molecule has 4 rings (SSSR count). The highest BCUT2D eigenvalue weighted by Gasteiger charge is 2.19. The lowest BCUT2D eigenvalue weighted by molar-refractivity contribution is 0.102. The summed E-state index contributed by atoms with van der Waals surface area (Å²) in [6, 6.07) is 18.5. The zero-order chi connectivity index (χ0) is 19.3. The van der Waals surface area contributed by atoms with Crippen molar-refractivity contribution in [1.82, 2.24) is 9.97 Å². The lowest BCUT2D eigenvalue weighted by atomic mass is 10.2. The van der Waals surface area contributed by atoms with Gasteiger partial charge < -0.3 is 15.0 Å². The molecule has 0 bridgehead atoms. The molecule has 2 aromatic carbocycles. The highest BCUT2D eigenvalue weighted by Crippen LogP contribution is 2.29. The number of nitrogens with zero attached hydrogens (tertiary/aromatic N) is 3. The average molecular weight is 374 g/mol. The molecule has 0 unspecified atom stereocenters. The topological polar surface area (TPSA) is 67.3 Å². The third-order valence-corrected chi connectivity index (χ3v) is 4.57. The molecule has 1 amide bonds. The van der Waals surface area contributed by atoms with Crippen LogP contribution in [0.4, 0.5) is 11.6 Å². The van der Waals surface area contributed by atoms with Gasteiger partial charge in [-0.3, -0.25) is 4.79 Å². The first-order valence-corrected chi connectivity index (χ1v) is 9.43. The Morgan fingerprint density at radius 3 is 2.50 bits per heavy atom. The van der Waals surface area contributed by atoms with E-state index in [4.69, 9.17) is 4.74 Å². The highest BCUT2D eigenvalue weighted by molar-refractivity contribution is 6.03. The van der Waals surface area contributed by atoms with E-state index >= 15 is 0 Å². The lowest BCUT2D eigenvalue weighted by Crippen LogP contribution is -2.23. The van der Waals surface area contributed by atoms with Crippen LogP contribution in [0.1, 0.15) is 29.0 Å². The molecule has 0 saturated carbocycles. The standard InChI is InChI=1S/C22H22N4O2/c1-16-15-19(25-22(23-16)26-13-7-8-14-26)21(27)24-18-11-5-6-12-20(18)28-17-9-3-2-4-10-17/h2-6,9-12,15H,7-8,13-14H2,1H3,(H,24,27). The van der Waals surface area contributed by atoms with Crippen LogP contribution >= 0.6 is 0 Å². The molecule has 2 heterocycles. The first kappa shape index (κ1) is 18.0. The molecule has 0 radical (unpaired) electrons. The van der Waals surface area contributed by atoms with Crippen molar-refractivity contribution < 1.29 is 9.53 Å². The summed E-state index contributed by atoms with van der Waals surface area (Å²) in [6.45, 7) is 3.74. The van der Waals surface area contributed by atoms with Crippen LogP contribution in [0.5, 0.6) is 11.5 Å². The molecule has 142 valence electrons. The smallest absolute Gasteiger partial charge is 0.274 e. The van der Waals surface area contributed by atoms with Crippen LogP contribution in [-0.4, -0.2) is 29.0 Å². The summed E-state index contributed by atoms with van der Waals surface area (Å²) >= 11 is 0. The Labute approximate surface area is 164 Å². The Kier molecular flexibility index (Phi) is 5.19. The molecular weight excluding hydrogens is 352 g/mol. The maximum Gasteiger partial charge on any atom is 0.274 e. The van der Waals surface area contributed by atoms with Crippen molar-refractivity contribution in [2.45, 2.75) is 19.8 Å². The average Bonchev–Trinajstić information content (AvgIpc) is 3.25. The Hall–Kier alpha value is -3.41. The summed E-state index contributed by atoms with van der Waals surface area (Å²) in [6.07, 6.45) is 2.26. The Morgan fingerprint density at radius 1 is 1.00 bits per heavy atom. The van der Waals surface area contributed by atoms with Crippen LogP contribution in [0.25, 0.3) is 0 Å². The number of hydrogen-bond acceptors (Lipinski definition) is 5. The van der Waals surface area contributed by atoms with Crippen molar-refractivity contribution in [3.8, 4) is 11.5 Å². The van der Waals surface area contributed by atoms with Crippen LogP contribution in [0.15, 0.2) is 60.7 Å². The van der Waals surface area contributed by atoms with Gasteiger partial charge >= 0.3 is 0 Å². The molecular formula is C22H22N4O2. The van der Waals surface area contributed by atoms with Gasteiger partial charge in [-0.2, -0.15) is 0 Å². The summed E-state index contributed by atoms with van der Waals surface area (Å²) < 4.78 is 5.92. The Balaban J connectivity index is 1.56. The van der Waals surface area contributed by atoms with Crippen molar-refractivity contribution >= 4 is 17.5 Å². The van der Waals surface area contributed by atoms with Gasteiger partial charge in [-0.1, -0.05) is 30.3 Å². The Bertz CT molecular complexity index is 969. The van der Waals surface area contributed by atoms with E-state index < -0.39 is 0 Å². The van der Waals surface area contributed by atoms with E-state index in [0.717, 1.165) is 31.6 Å². The minimum absolute atomic E-state index is 0.282. The normalized spacial score (nSPS) is 13.4. The summed E-state index contributed by atoms with van der Waals surface area (Å²) in [5.74, 6) is 1.62. The number of para-hydroxylation sites is 3. The van der Waals surface area contributed by atoms with E-state index in [9.17, 15) is 4.79 Å². The summed E-state index contributed by atoms with van der Waals surface area (Å²) in [5.41, 5.74) is 1.72. The van der Waals surface area contributed by atoms with E-state index in [1.165, 1.54) is 0 Å². The van der Waals surface area contributed by atoms with Crippen molar-refractivity contribution in [3.05, 3.63) is 72.1 Å². The van der Waals surface area contributed by atoms with E-state index in [2.05, 4.69) is 20.2 Å². The number of rotatable bonds is 5. The minimum atomic E-state index is -0.282. The molecule has 1 aliphatic heterocycles. The molecule has 0 aliphatic carbocycles. The predicted octanol–water partition coefficient (Wildman–Crippen LogP) is 4.43. The second kappa shape index (κ2) is 8.08. The van der Waals surface area contributed by atoms with Crippen LogP contribution in [0.2, 0.25) is 0 Å². The Morgan fingerprint density at radius 2 is 1.71 bits per heavy atom. The van der Waals surface area contributed by atoms with Crippen LogP contribution < -0.4 is 15.0 Å². The number of amides is 1. The highest BCUT2D eigenvalue weighted by atomic mass is 16.5. The molecule has 1 fully saturated rings. The molecule has 0 atom stereocenters. The van der Waals surface area contributed by atoms with Crippen molar-refractivity contribution in [3.63, 3.8) is 0 Å². The summed E-state index contributed by atoms with van der Waals surface area (Å²) in [7, 11) is 0. The monoisotopic (exact) mass is 374 g/mol. The van der Waals surface area contributed by atoms with Crippen LogP contribution in [-0.2, 0) is 0 Å². The van der Waals surface area contributed by atoms with Crippen molar-refractivity contribution in [2.24, 2.45) is 0 Å². The van der Waals surface area contributed by atoms with Gasteiger partial charge in [-0.05, 0) is 50.1 Å². The first-order chi connectivity index (χ1) is 13.7. The quantitative estimate of drug-likeness (QED) is 0.716. The molecule has 6 nitrogen and oxygen atoms in total. The second-order valence-corrected chi connectivity index (χ2v) is 6.75. The van der Waals surface area contributed by atoms with Crippen LogP contribution in [0.3, 0.4) is 0 Å². The van der Waals surface area contributed by atoms with Gasteiger partial charge in [0.25, 0.3) is 5.91 Å². The first-order valence-electron chi connectivity index (χ1n) is 9.43. The van der Waals surface area contributed by atoms with Gasteiger partial charge in [0.2, 0.25) is 5.95 Å². The van der Waals surface area contributed by atoms with Crippen LogP contribution in [0, 0.1) is 6.92 Å². The number of carbonyl (C=O) groups is 1. The zero-order valence-electron chi connectivity index (χ0n) is 15.8. The van der Waals surface area contributed by atoms with Gasteiger partial charge in [0.1, 0.15) is 11.4 Å². The maximum atomic E-state index is 12.9. The summed E-state index contributed by atoms with van der Waals surface area (Å²) in [4.78, 5) is 24.0. The predicted molar refractivity (Wildman–Crippen MR) is 109 cm³/mol.